The van der Waals surface area contributed by atoms with Crippen LogP contribution in [0.5, 0.6) is 0 Å². The van der Waals surface area contributed by atoms with E-state index >= 15 is 0 Å². The summed E-state index contributed by atoms with van der Waals surface area (Å²) in [5, 5.41) is 3.00. The molecular formula is C13H14F2N4. The summed E-state index contributed by atoms with van der Waals surface area (Å²) in [4.78, 5) is 8.33. The molecule has 0 amide bonds. The Morgan fingerprint density at radius 1 is 1.21 bits per heavy atom. The number of rotatable bonds is 4. The zero-order valence-corrected chi connectivity index (χ0v) is 10.5. The molecule has 4 nitrogen and oxygen atoms in total. The van der Waals surface area contributed by atoms with Gasteiger partial charge in [0.25, 0.3) is 0 Å². The summed E-state index contributed by atoms with van der Waals surface area (Å²) >= 11 is 0. The molecule has 6 heteroatoms. The van der Waals surface area contributed by atoms with Crippen molar-refractivity contribution >= 4 is 5.82 Å². The molecule has 100 valence electrons. The number of anilines is 1. The maximum atomic E-state index is 13.7. The zero-order chi connectivity index (χ0) is 13.8. The van der Waals surface area contributed by atoms with Gasteiger partial charge >= 0.3 is 0 Å². The number of benzene rings is 1. The summed E-state index contributed by atoms with van der Waals surface area (Å²) in [5.41, 5.74) is 6.04. The average molecular weight is 264 g/mol. The van der Waals surface area contributed by atoms with Crippen LogP contribution in [0.2, 0.25) is 0 Å². The highest BCUT2D eigenvalue weighted by Gasteiger charge is 2.10. The summed E-state index contributed by atoms with van der Waals surface area (Å²) in [6, 6.07) is 5.00. The van der Waals surface area contributed by atoms with Crippen molar-refractivity contribution in [2.24, 2.45) is 5.73 Å². The Bertz CT molecular complexity index is 587. The highest BCUT2D eigenvalue weighted by molar-refractivity contribution is 5.63. The molecule has 3 N–H and O–H groups in total. The minimum absolute atomic E-state index is 0.239. The van der Waals surface area contributed by atoms with E-state index in [1.807, 2.05) is 0 Å². The molecule has 0 aliphatic rings. The van der Waals surface area contributed by atoms with E-state index in [4.69, 9.17) is 5.73 Å². The number of aryl methyl sites for hydroxylation is 1. The first-order chi connectivity index (χ1) is 9.10. The number of hydrogen-bond acceptors (Lipinski definition) is 4. The summed E-state index contributed by atoms with van der Waals surface area (Å²) < 4.78 is 26.6. The van der Waals surface area contributed by atoms with Crippen LogP contribution >= 0.6 is 0 Å². The van der Waals surface area contributed by atoms with E-state index in [0.29, 0.717) is 30.4 Å². The normalized spacial score (nSPS) is 10.5. The predicted molar refractivity (Wildman–Crippen MR) is 69.7 cm³/mol. The van der Waals surface area contributed by atoms with Crippen LogP contribution in [0, 0.1) is 18.6 Å². The predicted octanol–water partition coefficient (Wildman–Crippen LogP) is 2.10. The number of nitrogens with zero attached hydrogens (tertiary/aromatic N) is 2. The van der Waals surface area contributed by atoms with Crippen molar-refractivity contribution in [1.29, 1.82) is 0 Å². The molecule has 0 aliphatic heterocycles. The first-order valence-electron chi connectivity index (χ1n) is 5.85. The lowest BCUT2D eigenvalue weighted by Gasteiger charge is -2.08. The molecule has 0 spiro atoms. The second kappa shape index (κ2) is 5.71. The molecule has 0 unspecified atom stereocenters. The van der Waals surface area contributed by atoms with E-state index in [0.717, 1.165) is 6.07 Å². The molecule has 1 aromatic carbocycles. The van der Waals surface area contributed by atoms with Gasteiger partial charge in [-0.1, -0.05) is 0 Å². The SMILES string of the molecule is Cc1nc(NCCN)cc(-c2ccc(F)cc2F)n1. The lowest BCUT2D eigenvalue weighted by molar-refractivity contribution is 0.585. The number of halogens is 2. The van der Waals surface area contributed by atoms with Crippen molar-refractivity contribution in [2.75, 3.05) is 18.4 Å². The van der Waals surface area contributed by atoms with E-state index in [2.05, 4.69) is 15.3 Å². The van der Waals surface area contributed by atoms with Gasteiger partial charge in [0, 0.05) is 30.8 Å². The van der Waals surface area contributed by atoms with Crippen LogP contribution < -0.4 is 11.1 Å². The van der Waals surface area contributed by atoms with Gasteiger partial charge in [-0.3, -0.25) is 0 Å². The Balaban J connectivity index is 2.41. The summed E-state index contributed by atoms with van der Waals surface area (Å²) in [6.07, 6.45) is 0. The van der Waals surface area contributed by atoms with Crippen molar-refractivity contribution < 1.29 is 8.78 Å². The fourth-order valence-electron chi connectivity index (χ4n) is 1.69. The highest BCUT2D eigenvalue weighted by Crippen LogP contribution is 2.23. The lowest BCUT2D eigenvalue weighted by Crippen LogP contribution is -2.14. The quantitative estimate of drug-likeness (QED) is 0.887. The van der Waals surface area contributed by atoms with Crippen molar-refractivity contribution in [2.45, 2.75) is 6.92 Å². The molecule has 2 aromatic rings. The fourth-order valence-corrected chi connectivity index (χ4v) is 1.69. The first kappa shape index (κ1) is 13.4. The van der Waals surface area contributed by atoms with Crippen LogP contribution in [0.3, 0.4) is 0 Å². The van der Waals surface area contributed by atoms with Gasteiger partial charge in [-0.15, -0.1) is 0 Å². The molecule has 0 saturated carbocycles. The summed E-state index contributed by atoms with van der Waals surface area (Å²) in [6.45, 7) is 2.73. The third-order valence-corrected chi connectivity index (χ3v) is 2.50. The second-order valence-corrected chi connectivity index (χ2v) is 4.03. The zero-order valence-electron chi connectivity index (χ0n) is 10.5. The molecule has 0 aliphatic carbocycles. The fraction of sp³-hybridized carbons (Fsp3) is 0.231. The summed E-state index contributed by atoms with van der Waals surface area (Å²) in [5.74, 6) is -0.200. The average Bonchev–Trinajstić information content (AvgIpc) is 2.35. The molecule has 0 bridgehead atoms. The summed E-state index contributed by atoms with van der Waals surface area (Å²) in [7, 11) is 0. The van der Waals surface area contributed by atoms with Gasteiger partial charge in [0.05, 0.1) is 5.69 Å². The third-order valence-electron chi connectivity index (χ3n) is 2.50. The largest absolute Gasteiger partial charge is 0.369 e. The maximum absolute atomic E-state index is 13.7. The number of aromatic nitrogens is 2. The van der Waals surface area contributed by atoms with Gasteiger partial charge in [-0.05, 0) is 19.1 Å². The highest BCUT2D eigenvalue weighted by atomic mass is 19.1. The van der Waals surface area contributed by atoms with Crippen molar-refractivity contribution in [3.63, 3.8) is 0 Å². The monoisotopic (exact) mass is 264 g/mol. The molecule has 0 atom stereocenters. The molecule has 2 rings (SSSR count). The lowest BCUT2D eigenvalue weighted by atomic mass is 10.1. The minimum Gasteiger partial charge on any atom is -0.369 e. The van der Waals surface area contributed by atoms with E-state index < -0.39 is 11.6 Å². The molecular weight excluding hydrogens is 250 g/mol. The van der Waals surface area contributed by atoms with Gasteiger partial charge in [0.1, 0.15) is 23.3 Å². The van der Waals surface area contributed by atoms with Crippen LogP contribution in [0.25, 0.3) is 11.3 Å². The molecule has 1 heterocycles. The number of nitrogens with two attached hydrogens (primary N) is 1. The Morgan fingerprint density at radius 3 is 2.68 bits per heavy atom. The number of hydrogen-bond donors (Lipinski definition) is 2. The molecule has 19 heavy (non-hydrogen) atoms. The first-order valence-corrected chi connectivity index (χ1v) is 5.85. The Morgan fingerprint density at radius 2 is 2.00 bits per heavy atom. The molecule has 1 aromatic heterocycles. The number of nitrogens with one attached hydrogen (secondary N) is 1. The van der Waals surface area contributed by atoms with Crippen LogP contribution in [0.1, 0.15) is 5.82 Å². The van der Waals surface area contributed by atoms with Gasteiger partial charge in [0.15, 0.2) is 0 Å². The molecule has 0 saturated heterocycles. The topological polar surface area (TPSA) is 63.8 Å². The molecule has 0 radical (unpaired) electrons. The van der Waals surface area contributed by atoms with E-state index in [1.165, 1.54) is 12.1 Å². The van der Waals surface area contributed by atoms with Crippen LogP contribution in [-0.4, -0.2) is 23.1 Å². The minimum atomic E-state index is -0.650. The third kappa shape index (κ3) is 3.23. The van der Waals surface area contributed by atoms with E-state index in [1.54, 1.807) is 13.0 Å². The Kier molecular flexibility index (Phi) is 4.01. The van der Waals surface area contributed by atoms with Gasteiger partial charge in [0.2, 0.25) is 0 Å². The van der Waals surface area contributed by atoms with Crippen molar-refractivity contribution in [3.8, 4) is 11.3 Å². The maximum Gasteiger partial charge on any atom is 0.135 e. The second-order valence-electron chi connectivity index (χ2n) is 4.03. The van der Waals surface area contributed by atoms with Gasteiger partial charge in [-0.25, -0.2) is 18.7 Å². The van der Waals surface area contributed by atoms with Crippen LogP contribution in [-0.2, 0) is 0 Å². The van der Waals surface area contributed by atoms with Crippen molar-refractivity contribution in [3.05, 3.63) is 41.7 Å². The van der Waals surface area contributed by atoms with Crippen LogP contribution in [0.15, 0.2) is 24.3 Å². The van der Waals surface area contributed by atoms with Crippen molar-refractivity contribution in [1.82, 2.24) is 9.97 Å². The van der Waals surface area contributed by atoms with E-state index in [-0.39, 0.29) is 5.56 Å². The smallest absolute Gasteiger partial charge is 0.135 e. The van der Waals surface area contributed by atoms with Crippen LogP contribution in [0.4, 0.5) is 14.6 Å². The van der Waals surface area contributed by atoms with Gasteiger partial charge < -0.3 is 11.1 Å². The van der Waals surface area contributed by atoms with E-state index in [9.17, 15) is 8.78 Å². The molecule has 0 fully saturated rings. The Labute approximate surface area is 109 Å². The standard InChI is InChI=1S/C13H14F2N4/c1-8-18-12(7-13(19-8)17-5-4-16)10-3-2-9(14)6-11(10)15/h2-3,6-7H,4-5,16H2,1H3,(H,17,18,19). The van der Waals surface area contributed by atoms with Gasteiger partial charge in [-0.2, -0.15) is 0 Å². The Hall–Kier alpha value is -2.08.